The molecule has 5 rings (SSSR count). The van der Waals surface area contributed by atoms with Gasteiger partial charge < -0.3 is 14.5 Å². The topological polar surface area (TPSA) is 68.5 Å². The van der Waals surface area contributed by atoms with Crippen LogP contribution < -0.4 is 10.1 Å². The second-order valence-electron chi connectivity index (χ2n) is 7.23. The Labute approximate surface area is 179 Å². The van der Waals surface area contributed by atoms with E-state index in [1.165, 1.54) is 0 Å². The van der Waals surface area contributed by atoms with Crippen LogP contribution in [0.5, 0.6) is 5.75 Å². The highest BCUT2D eigenvalue weighted by atomic mass is 16.5. The summed E-state index contributed by atoms with van der Waals surface area (Å²) in [6.07, 6.45) is 5.89. The van der Waals surface area contributed by atoms with Crippen molar-refractivity contribution in [3.05, 3.63) is 103 Å². The maximum Gasteiger partial charge on any atom is 0.228 e. The number of imidazole rings is 1. The molecule has 1 N–H and O–H groups in total. The molecule has 0 unspecified atom stereocenters. The zero-order valence-electron chi connectivity index (χ0n) is 16.7. The van der Waals surface area contributed by atoms with E-state index in [-0.39, 0.29) is 12.3 Å². The van der Waals surface area contributed by atoms with Gasteiger partial charge >= 0.3 is 0 Å². The largest absolute Gasteiger partial charge is 0.487 e. The standard InChI is InChI=1S/C25H20N4O2/c30-24(14-19-7-3-6-18-8-5-12-26-25(18)19)28-20-9-4-10-22(15-20)31-17-21-16-29-13-2-1-11-23(29)27-21/h1-13,15-16H,14,17H2,(H,28,30). The lowest BCUT2D eigenvalue weighted by Gasteiger charge is -2.09. The summed E-state index contributed by atoms with van der Waals surface area (Å²) in [7, 11) is 0. The quantitative estimate of drug-likeness (QED) is 0.444. The van der Waals surface area contributed by atoms with Crippen molar-refractivity contribution in [2.45, 2.75) is 13.0 Å². The number of nitrogens with zero attached hydrogens (tertiary/aromatic N) is 3. The molecule has 0 radical (unpaired) electrons. The number of anilines is 1. The molecule has 0 aliphatic carbocycles. The Hall–Kier alpha value is -4.19. The predicted molar refractivity (Wildman–Crippen MR) is 120 cm³/mol. The molecule has 6 heteroatoms. The number of pyridine rings is 2. The molecule has 6 nitrogen and oxygen atoms in total. The first-order chi connectivity index (χ1) is 15.2. The zero-order valence-corrected chi connectivity index (χ0v) is 16.7. The van der Waals surface area contributed by atoms with Crippen LogP contribution in [0.2, 0.25) is 0 Å². The summed E-state index contributed by atoms with van der Waals surface area (Å²) >= 11 is 0. The number of amides is 1. The fraction of sp³-hybridized carbons (Fsp3) is 0.0800. The first-order valence-electron chi connectivity index (χ1n) is 10.0. The Bertz CT molecular complexity index is 1340. The van der Waals surface area contributed by atoms with E-state index >= 15 is 0 Å². The summed E-state index contributed by atoms with van der Waals surface area (Å²) in [5, 5.41) is 3.97. The molecule has 0 saturated heterocycles. The van der Waals surface area contributed by atoms with Gasteiger partial charge in [-0.15, -0.1) is 0 Å². The third-order valence-electron chi connectivity index (χ3n) is 4.99. The lowest BCUT2D eigenvalue weighted by Crippen LogP contribution is -2.14. The van der Waals surface area contributed by atoms with Gasteiger partial charge in [0, 0.05) is 35.7 Å². The van der Waals surface area contributed by atoms with Gasteiger partial charge in [-0.05, 0) is 35.9 Å². The Kier molecular flexibility index (Phi) is 5.02. The number of carbonyl (C=O) groups excluding carboxylic acids is 1. The Morgan fingerprint density at radius 1 is 1.00 bits per heavy atom. The van der Waals surface area contributed by atoms with Crippen molar-refractivity contribution < 1.29 is 9.53 Å². The Morgan fingerprint density at radius 3 is 2.84 bits per heavy atom. The molecule has 5 aromatic rings. The number of ether oxygens (including phenoxy) is 1. The number of fused-ring (bicyclic) bond motifs is 2. The third-order valence-corrected chi connectivity index (χ3v) is 4.99. The fourth-order valence-electron chi connectivity index (χ4n) is 3.57. The summed E-state index contributed by atoms with van der Waals surface area (Å²) < 4.78 is 7.84. The highest BCUT2D eigenvalue weighted by Gasteiger charge is 2.09. The Morgan fingerprint density at radius 2 is 1.90 bits per heavy atom. The van der Waals surface area contributed by atoms with E-state index in [1.54, 1.807) is 6.20 Å². The lowest BCUT2D eigenvalue weighted by molar-refractivity contribution is -0.115. The van der Waals surface area contributed by atoms with E-state index in [2.05, 4.69) is 15.3 Å². The molecule has 31 heavy (non-hydrogen) atoms. The molecule has 0 aliphatic rings. The maximum atomic E-state index is 12.6. The molecule has 0 bridgehead atoms. The van der Waals surface area contributed by atoms with E-state index in [9.17, 15) is 4.79 Å². The van der Waals surface area contributed by atoms with Crippen molar-refractivity contribution >= 4 is 28.1 Å². The zero-order chi connectivity index (χ0) is 21.0. The minimum atomic E-state index is -0.101. The van der Waals surface area contributed by atoms with Gasteiger partial charge in [-0.1, -0.05) is 36.4 Å². The van der Waals surface area contributed by atoms with Gasteiger partial charge in [0.1, 0.15) is 18.0 Å². The van der Waals surface area contributed by atoms with Crippen molar-refractivity contribution in [2.24, 2.45) is 0 Å². The number of benzene rings is 2. The van der Waals surface area contributed by atoms with Crippen LogP contribution in [0.1, 0.15) is 11.3 Å². The average molecular weight is 408 g/mol. The third kappa shape index (κ3) is 4.23. The van der Waals surface area contributed by atoms with Crippen molar-refractivity contribution in [3.63, 3.8) is 0 Å². The molecule has 0 saturated carbocycles. The van der Waals surface area contributed by atoms with Crippen LogP contribution in [-0.4, -0.2) is 20.3 Å². The molecule has 152 valence electrons. The van der Waals surface area contributed by atoms with Crippen LogP contribution in [0.25, 0.3) is 16.6 Å². The normalized spacial score (nSPS) is 11.0. The van der Waals surface area contributed by atoms with E-state index in [0.29, 0.717) is 18.0 Å². The van der Waals surface area contributed by atoms with Crippen LogP contribution in [0.4, 0.5) is 5.69 Å². The number of hydrogen-bond acceptors (Lipinski definition) is 4. The lowest BCUT2D eigenvalue weighted by atomic mass is 10.1. The van der Waals surface area contributed by atoms with E-state index in [1.807, 2.05) is 89.6 Å². The van der Waals surface area contributed by atoms with Gasteiger partial charge in [0.25, 0.3) is 0 Å². The summed E-state index contributed by atoms with van der Waals surface area (Å²) in [5.74, 6) is 0.567. The van der Waals surface area contributed by atoms with Gasteiger partial charge in [0.05, 0.1) is 17.6 Å². The highest BCUT2D eigenvalue weighted by molar-refractivity contribution is 5.95. The number of aromatic nitrogens is 3. The van der Waals surface area contributed by atoms with Crippen LogP contribution in [0.15, 0.2) is 91.4 Å². The molecule has 0 spiro atoms. The molecule has 2 aromatic carbocycles. The van der Waals surface area contributed by atoms with Crippen molar-refractivity contribution in [3.8, 4) is 5.75 Å². The molecule has 0 aliphatic heterocycles. The molecule has 0 atom stereocenters. The van der Waals surface area contributed by atoms with Gasteiger partial charge in [0.2, 0.25) is 5.91 Å². The number of para-hydroxylation sites is 1. The molecular formula is C25H20N4O2. The first kappa shape index (κ1) is 18.8. The SMILES string of the molecule is O=C(Cc1cccc2cccnc12)Nc1cccc(OCc2cn3ccccc3n2)c1. The van der Waals surface area contributed by atoms with Crippen molar-refractivity contribution in [2.75, 3.05) is 5.32 Å². The number of rotatable bonds is 6. The van der Waals surface area contributed by atoms with E-state index < -0.39 is 0 Å². The molecule has 3 heterocycles. The van der Waals surface area contributed by atoms with Crippen LogP contribution in [0, 0.1) is 0 Å². The molecule has 3 aromatic heterocycles. The van der Waals surface area contributed by atoms with Crippen molar-refractivity contribution in [1.82, 2.24) is 14.4 Å². The maximum absolute atomic E-state index is 12.6. The minimum Gasteiger partial charge on any atom is -0.487 e. The highest BCUT2D eigenvalue weighted by Crippen LogP contribution is 2.20. The van der Waals surface area contributed by atoms with Crippen LogP contribution in [0.3, 0.4) is 0 Å². The summed E-state index contributed by atoms with van der Waals surface area (Å²) in [6, 6.07) is 23.0. The summed E-state index contributed by atoms with van der Waals surface area (Å²) in [4.78, 5) is 21.6. The first-order valence-corrected chi connectivity index (χ1v) is 10.0. The molecule has 1 amide bonds. The number of nitrogens with one attached hydrogen (secondary N) is 1. The van der Waals surface area contributed by atoms with Gasteiger partial charge in [0.15, 0.2) is 0 Å². The summed E-state index contributed by atoms with van der Waals surface area (Å²) in [6.45, 7) is 0.348. The second-order valence-corrected chi connectivity index (χ2v) is 7.23. The Balaban J connectivity index is 1.25. The number of hydrogen-bond donors (Lipinski definition) is 1. The average Bonchev–Trinajstić information content (AvgIpc) is 3.21. The van der Waals surface area contributed by atoms with Gasteiger partial charge in [-0.3, -0.25) is 9.78 Å². The van der Waals surface area contributed by atoms with E-state index in [4.69, 9.17) is 4.74 Å². The van der Waals surface area contributed by atoms with Gasteiger partial charge in [-0.25, -0.2) is 4.98 Å². The van der Waals surface area contributed by atoms with Crippen molar-refractivity contribution in [1.29, 1.82) is 0 Å². The fourth-order valence-corrected chi connectivity index (χ4v) is 3.57. The van der Waals surface area contributed by atoms with Crippen LogP contribution >= 0.6 is 0 Å². The second kappa shape index (κ2) is 8.28. The van der Waals surface area contributed by atoms with E-state index in [0.717, 1.165) is 27.8 Å². The minimum absolute atomic E-state index is 0.101. The smallest absolute Gasteiger partial charge is 0.228 e. The number of carbonyl (C=O) groups is 1. The summed E-state index contributed by atoms with van der Waals surface area (Å²) in [5.41, 5.74) is 4.15. The van der Waals surface area contributed by atoms with Crippen LogP contribution in [-0.2, 0) is 17.8 Å². The monoisotopic (exact) mass is 408 g/mol. The molecule has 0 fully saturated rings. The van der Waals surface area contributed by atoms with Gasteiger partial charge in [-0.2, -0.15) is 0 Å². The predicted octanol–water partition coefficient (Wildman–Crippen LogP) is 4.64. The molecular weight excluding hydrogens is 388 g/mol.